The van der Waals surface area contributed by atoms with Gasteiger partial charge in [0, 0.05) is 59.3 Å². The quantitative estimate of drug-likeness (QED) is 0.229. The van der Waals surface area contributed by atoms with Crippen molar-refractivity contribution in [2.24, 2.45) is 0 Å². The molecule has 3 aromatic heterocycles. The monoisotopic (exact) mass is 601 g/mol. The van der Waals surface area contributed by atoms with Crippen molar-refractivity contribution >= 4 is 50.0 Å². The summed E-state index contributed by atoms with van der Waals surface area (Å²) in [6.45, 7) is 13.0. The summed E-state index contributed by atoms with van der Waals surface area (Å²) < 4.78 is 2.26. The molecule has 1 aromatic carbocycles. The van der Waals surface area contributed by atoms with Gasteiger partial charge in [-0.2, -0.15) is 17.0 Å². The highest BCUT2D eigenvalue weighted by molar-refractivity contribution is 7.99. The number of nitrogens with zero attached hydrogens (tertiary/aromatic N) is 6. The SMILES string of the molecule is CCc1cc2c(NC3CCN(Cc4ccc5c(cc(C#N)n5CC(C)N5CCC(SC)CC5)c4C)CC3)ncnc2s1. The van der Waals surface area contributed by atoms with Crippen LogP contribution in [0.4, 0.5) is 5.82 Å². The number of anilines is 1. The molecule has 0 bridgehead atoms. The number of piperidine rings is 2. The fourth-order valence-corrected chi connectivity index (χ4v) is 8.40. The highest BCUT2D eigenvalue weighted by Crippen LogP contribution is 2.31. The first kappa shape index (κ1) is 29.4. The maximum atomic E-state index is 10.0. The molecule has 0 amide bonds. The fraction of sp³-hybridized carbons (Fsp3) is 0.545. The van der Waals surface area contributed by atoms with Crippen LogP contribution in [0.5, 0.6) is 0 Å². The zero-order valence-electron chi connectivity index (χ0n) is 25.4. The third-order valence-electron chi connectivity index (χ3n) is 9.51. The number of hydrogen-bond donors (Lipinski definition) is 1. The van der Waals surface area contributed by atoms with Gasteiger partial charge in [-0.25, -0.2) is 9.97 Å². The van der Waals surface area contributed by atoms with Crippen molar-refractivity contribution < 1.29 is 0 Å². The van der Waals surface area contributed by atoms with Gasteiger partial charge >= 0.3 is 0 Å². The van der Waals surface area contributed by atoms with E-state index < -0.39 is 0 Å². The summed E-state index contributed by atoms with van der Waals surface area (Å²) in [5.41, 5.74) is 4.64. The van der Waals surface area contributed by atoms with E-state index in [-0.39, 0.29) is 0 Å². The Balaban J connectivity index is 1.10. The second kappa shape index (κ2) is 12.9. The average molecular weight is 602 g/mol. The molecule has 1 atom stereocenters. The lowest BCUT2D eigenvalue weighted by Gasteiger charge is -2.36. The molecule has 4 aromatic rings. The molecular formula is C33H43N7S2. The Bertz CT molecular complexity index is 1570. The molecule has 42 heavy (non-hydrogen) atoms. The Morgan fingerprint density at radius 3 is 2.60 bits per heavy atom. The third-order valence-corrected chi connectivity index (χ3v) is 11.8. The van der Waals surface area contributed by atoms with Crippen LogP contribution in [0, 0.1) is 18.3 Å². The number of aryl methyl sites for hydroxylation is 2. The molecule has 222 valence electrons. The summed E-state index contributed by atoms with van der Waals surface area (Å²) in [7, 11) is 0. The highest BCUT2D eigenvalue weighted by atomic mass is 32.2. The number of fused-ring (bicyclic) bond motifs is 2. The van der Waals surface area contributed by atoms with E-state index >= 15 is 0 Å². The molecule has 1 unspecified atom stereocenters. The minimum absolute atomic E-state index is 0.414. The largest absolute Gasteiger partial charge is 0.367 e. The van der Waals surface area contributed by atoms with Gasteiger partial charge in [0.05, 0.1) is 5.39 Å². The molecule has 5 heterocycles. The van der Waals surface area contributed by atoms with E-state index in [2.05, 4.69) is 87.0 Å². The van der Waals surface area contributed by atoms with Gasteiger partial charge in [-0.1, -0.05) is 13.0 Å². The normalized spacial score (nSPS) is 18.5. The standard InChI is InChI=1S/C33H43N7S2/c1-5-27-17-30-32(35-21-36-33(30)42-27)37-25-8-12-38(13-9-25)20-24-6-7-31-29(23(24)3)16-26(18-34)40(31)19-22(2)39-14-10-28(41-4)11-15-39/h6-7,16-17,21-22,25,28H,5,8-15,19-20H2,1-4H3,(H,35,36,37). The van der Waals surface area contributed by atoms with Crippen LogP contribution in [0.2, 0.25) is 0 Å². The van der Waals surface area contributed by atoms with Gasteiger partial charge in [0.25, 0.3) is 0 Å². The molecule has 7 nitrogen and oxygen atoms in total. The van der Waals surface area contributed by atoms with E-state index in [1.165, 1.54) is 39.7 Å². The van der Waals surface area contributed by atoms with Crippen LogP contribution in [-0.2, 0) is 19.5 Å². The predicted molar refractivity (Wildman–Crippen MR) is 178 cm³/mol. The minimum atomic E-state index is 0.414. The van der Waals surface area contributed by atoms with Crippen LogP contribution in [0.15, 0.2) is 30.6 Å². The third kappa shape index (κ3) is 6.05. The zero-order valence-corrected chi connectivity index (χ0v) is 27.0. The number of thioether (sulfide) groups is 1. The van der Waals surface area contributed by atoms with Crippen LogP contribution >= 0.6 is 23.1 Å². The number of hydrogen-bond acceptors (Lipinski definition) is 8. The maximum absolute atomic E-state index is 10.0. The Morgan fingerprint density at radius 2 is 1.88 bits per heavy atom. The van der Waals surface area contributed by atoms with E-state index in [9.17, 15) is 5.26 Å². The van der Waals surface area contributed by atoms with Gasteiger partial charge in [0.1, 0.15) is 28.7 Å². The number of aromatic nitrogens is 3. The van der Waals surface area contributed by atoms with Crippen molar-refractivity contribution in [1.29, 1.82) is 5.26 Å². The molecule has 0 spiro atoms. The number of rotatable bonds is 9. The summed E-state index contributed by atoms with van der Waals surface area (Å²) in [6, 6.07) is 12.3. The second-order valence-electron chi connectivity index (χ2n) is 12.1. The van der Waals surface area contributed by atoms with E-state index in [1.807, 2.05) is 11.8 Å². The molecule has 6 rings (SSSR count). The predicted octanol–water partition coefficient (Wildman–Crippen LogP) is 6.68. The first-order valence-corrected chi connectivity index (χ1v) is 17.6. The molecule has 0 saturated carbocycles. The van der Waals surface area contributed by atoms with Crippen molar-refractivity contribution in [2.45, 2.75) is 83.3 Å². The van der Waals surface area contributed by atoms with Crippen molar-refractivity contribution in [2.75, 3.05) is 37.8 Å². The van der Waals surface area contributed by atoms with Crippen LogP contribution in [-0.4, -0.2) is 74.1 Å². The smallest absolute Gasteiger partial charge is 0.138 e. The number of nitrogens with one attached hydrogen (secondary N) is 1. The first-order chi connectivity index (χ1) is 20.5. The van der Waals surface area contributed by atoms with Gasteiger partial charge in [-0.05, 0) is 94.6 Å². The first-order valence-electron chi connectivity index (χ1n) is 15.5. The van der Waals surface area contributed by atoms with Gasteiger partial charge in [0.2, 0.25) is 0 Å². The average Bonchev–Trinajstić information content (AvgIpc) is 3.61. The van der Waals surface area contributed by atoms with Gasteiger partial charge < -0.3 is 9.88 Å². The molecule has 0 aliphatic carbocycles. The van der Waals surface area contributed by atoms with Gasteiger partial charge in [0.15, 0.2) is 0 Å². The number of benzene rings is 1. The van der Waals surface area contributed by atoms with Gasteiger partial charge in [-0.15, -0.1) is 11.3 Å². The summed E-state index contributed by atoms with van der Waals surface area (Å²) in [5, 5.41) is 16.9. The van der Waals surface area contributed by atoms with Crippen molar-refractivity contribution in [3.8, 4) is 6.07 Å². The minimum Gasteiger partial charge on any atom is -0.367 e. The highest BCUT2D eigenvalue weighted by Gasteiger charge is 2.25. The number of likely N-dealkylation sites (tertiary alicyclic amines) is 2. The summed E-state index contributed by atoms with van der Waals surface area (Å²) in [5.74, 6) is 0.979. The fourth-order valence-electron chi connectivity index (χ4n) is 6.78. The topological polar surface area (TPSA) is 73.0 Å². The Kier molecular flexibility index (Phi) is 9.06. The van der Waals surface area contributed by atoms with Crippen molar-refractivity contribution in [3.63, 3.8) is 0 Å². The second-order valence-corrected chi connectivity index (χ2v) is 14.3. The molecular weight excluding hydrogens is 559 g/mol. The molecule has 9 heteroatoms. The van der Waals surface area contributed by atoms with Crippen molar-refractivity contribution in [3.05, 3.63) is 52.3 Å². The van der Waals surface area contributed by atoms with E-state index in [1.54, 1.807) is 17.7 Å². The Labute approximate surface area is 258 Å². The van der Waals surface area contributed by atoms with Crippen LogP contribution < -0.4 is 5.32 Å². The van der Waals surface area contributed by atoms with Crippen LogP contribution in [0.25, 0.3) is 21.1 Å². The van der Waals surface area contributed by atoms with Crippen molar-refractivity contribution in [1.82, 2.24) is 24.3 Å². The van der Waals surface area contributed by atoms with E-state index in [0.717, 1.165) is 85.5 Å². The molecule has 2 aliphatic heterocycles. The Morgan fingerprint density at radius 1 is 1.10 bits per heavy atom. The molecule has 1 N–H and O–H groups in total. The summed E-state index contributed by atoms with van der Waals surface area (Å²) >= 11 is 3.77. The molecule has 2 fully saturated rings. The zero-order chi connectivity index (χ0) is 29.2. The van der Waals surface area contributed by atoms with Gasteiger partial charge in [-0.3, -0.25) is 9.80 Å². The lowest BCUT2D eigenvalue weighted by atomic mass is 10.0. The maximum Gasteiger partial charge on any atom is 0.138 e. The lowest BCUT2D eigenvalue weighted by molar-refractivity contribution is 0.163. The van der Waals surface area contributed by atoms with E-state index in [4.69, 9.17) is 0 Å². The number of thiophene rings is 1. The lowest BCUT2D eigenvalue weighted by Crippen LogP contribution is -2.42. The molecule has 0 radical (unpaired) electrons. The molecule has 2 saturated heterocycles. The van der Waals surface area contributed by atoms with Crippen LogP contribution in [0.3, 0.4) is 0 Å². The summed E-state index contributed by atoms with van der Waals surface area (Å²) in [6.07, 6.45) is 9.67. The molecule has 2 aliphatic rings. The van der Waals surface area contributed by atoms with E-state index in [0.29, 0.717) is 12.1 Å². The Hall–Kier alpha value is -2.64. The summed E-state index contributed by atoms with van der Waals surface area (Å²) in [4.78, 5) is 16.7. The number of nitriles is 1. The van der Waals surface area contributed by atoms with Crippen LogP contribution in [0.1, 0.15) is 61.2 Å².